The van der Waals surface area contributed by atoms with Crippen LogP contribution < -0.4 is 0 Å². The Morgan fingerprint density at radius 1 is 1.38 bits per heavy atom. The van der Waals surface area contributed by atoms with Gasteiger partial charge in [0.05, 0.1) is 17.6 Å². The first kappa shape index (κ1) is 16.2. The molecule has 0 aliphatic heterocycles. The van der Waals surface area contributed by atoms with Gasteiger partial charge in [-0.2, -0.15) is 0 Å². The predicted molar refractivity (Wildman–Crippen MR) is 83.5 cm³/mol. The molecular formula is C15H21ClFN3O. The molecule has 0 spiro atoms. The highest BCUT2D eigenvalue weighted by Crippen LogP contribution is 2.18. The number of rotatable bonds is 8. The Labute approximate surface area is 129 Å². The lowest BCUT2D eigenvalue weighted by Crippen LogP contribution is -2.27. The van der Waals surface area contributed by atoms with Gasteiger partial charge >= 0.3 is 0 Å². The lowest BCUT2D eigenvalue weighted by Gasteiger charge is -2.17. The zero-order valence-corrected chi connectivity index (χ0v) is 13.2. The summed E-state index contributed by atoms with van der Waals surface area (Å²) < 4.78 is 20.6. The first-order valence-corrected chi connectivity index (χ1v) is 7.57. The maximum absolute atomic E-state index is 13.5. The number of nitrogens with zero attached hydrogens (tertiary/aromatic N) is 3. The van der Waals surface area contributed by atoms with E-state index in [0.29, 0.717) is 18.9 Å². The normalized spacial score (nSPS) is 11.7. The van der Waals surface area contributed by atoms with E-state index in [0.717, 1.165) is 36.5 Å². The maximum atomic E-state index is 13.5. The second kappa shape index (κ2) is 7.73. The van der Waals surface area contributed by atoms with E-state index in [1.807, 2.05) is 7.05 Å². The standard InChI is InChI=1S/C15H21ClFN3O/c1-19(9-10-21-2)7-8-20-14-11-12(17)3-4-13(14)18-15(20)5-6-16/h3-4,11H,5-10H2,1-2H3. The third-order valence-electron chi connectivity index (χ3n) is 3.49. The molecule has 0 atom stereocenters. The fourth-order valence-electron chi connectivity index (χ4n) is 2.30. The number of benzene rings is 1. The number of aromatic nitrogens is 2. The van der Waals surface area contributed by atoms with Crippen molar-refractivity contribution < 1.29 is 9.13 Å². The number of fused-ring (bicyclic) bond motifs is 1. The maximum Gasteiger partial charge on any atom is 0.125 e. The van der Waals surface area contributed by atoms with Gasteiger partial charge in [0, 0.05) is 39.0 Å². The first-order valence-electron chi connectivity index (χ1n) is 7.04. The van der Waals surface area contributed by atoms with Crippen molar-refractivity contribution in [2.24, 2.45) is 0 Å². The molecule has 0 amide bonds. The Morgan fingerprint density at radius 2 is 2.19 bits per heavy atom. The van der Waals surface area contributed by atoms with E-state index in [4.69, 9.17) is 16.3 Å². The Hall–Kier alpha value is -1.17. The van der Waals surface area contributed by atoms with Crippen LogP contribution in [0.2, 0.25) is 0 Å². The van der Waals surface area contributed by atoms with Gasteiger partial charge in [-0.05, 0) is 25.2 Å². The van der Waals surface area contributed by atoms with Crippen LogP contribution in [0.4, 0.5) is 4.39 Å². The van der Waals surface area contributed by atoms with Crippen LogP contribution in [0.5, 0.6) is 0 Å². The fraction of sp³-hybridized carbons (Fsp3) is 0.533. The van der Waals surface area contributed by atoms with Gasteiger partial charge in [0.2, 0.25) is 0 Å². The van der Waals surface area contributed by atoms with Gasteiger partial charge < -0.3 is 14.2 Å². The van der Waals surface area contributed by atoms with Crippen LogP contribution in [0, 0.1) is 5.82 Å². The number of alkyl halides is 1. The molecule has 2 aromatic rings. The molecule has 0 fully saturated rings. The topological polar surface area (TPSA) is 30.3 Å². The molecule has 0 aliphatic rings. The van der Waals surface area contributed by atoms with Gasteiger partial charge in [0.25, 0.3) is 0 Å². The van der Waals surface area contributed by atoms with Crippen molar-refractivity contribution in [3.8, 4) is 0 Å². The van der Waals surface area contributed by atoms with E-state index in [9.17, 15) is 4.39 Å². The molecule has 21 heavy (non-hydrogen) atoms. The highest BCUT2D eigenvalue weighted by atomic mass is 35.5. The molecule has 0 radical (unpaired) electrons. The third-order valence-corrected chi connectivity index (χ3v) is 3.68. The van der Waals surface area contributed by atoms with Crippen LogP contribution in [0.25, 0.3) is 11.0 Å². The molecule has 0 saturated heterocycles. The van der Waals surface area contributed by atoms with Crippen LogP contribution in [0.15, 0.2) is 18.2 Å². The smallest absolute Gasteiger partial charge is 0.125 e. The minimum absolute atomic E-state index is 0.242. The zero-order valence-electron chi connectivity index (χ0n) is 12.5. The van der Waals surface area contributed by atoms with Crippen molar-refractivity contribution in [2.45, 2.75) is 13.0 Å². The molecule has 1 aromatic heterocycles. The van der Waals surface area contributed by atoms with E-state index in [-0.39, 0.29) is 5.82 Å². The summed E-state index contributed by atoms with van der Waals surface area (Å²) in [5, 5.41) is 0. The summed E-state index contributed by atoms with van der Waals surface area (Å²) >= 11 is 5.84. The monoisotopic (exact) mass is 313 g/mol. The molecule has 0 aliphatic carbocycles. The van der Waals surface area contributed by atoms with Gasteiger partial charge in [0.15, 0.2) is 0 Å². The van der Waals surface area contributed by atoms with Gasteiger partial charge in [-0.3, -0.25) is 0 Å². The number of imidazole rings is 1. The molecule has 1 aromatic carbocycles. The second-order valence-electron chi connectivity index (χ2n) is 5.05. The van der Waals surface area contributed by atoms with Gasteiger partial charge in [0.1, 0.15) is 11.6 Å². The van der Waals surface area contributed by atoms with Crippen LogP contribution in [0.1, 0.15) is 5.82 Å². The molecule has 1 heterocycles. The third kappa shape index (κ3) is 4.15. The van der Waals surface area contributed by atoms with Crippen LogP contribution in [-0.2, 0) is 17.7 Å². The van der Waals surface area contributed by atoms with E-state index < -0.39 is 0 Å². The van der Waals surface area contributed by atoms with Gasteiger partial charge in [-0.25, -0.2) is 9.37 Å². The summed E-state index contributed by atoms with van der Waals surface area (Å²) in [6, 6.07) is 4.69. The number of methoxy groups -OCH3 is 1. The second-order valence-corrected chi connectivity index (χ2v) is 5.43. The highest BCUT2D eigenvalue weighted by Gasteiger charge is 2.11. The average Bonchev–Trinajstić information content (AvgIpc) is 2.80. The van der Waals surface area contributed by atoms with Crippen LogP contribution in [-0.4, -0.2) is 54.2 Å². The van der Waals surface area contributed by atoms with Crippen LogP contribution >= 0.6 is 11.6 Å². The number of ether oxygens (including phenoxy) is 1. The van der Waals surface area contributed by atoms with E-state index in [1.54, 1.807) is 13.2 Å². The van der Waals surface area contributed by atoms with Crippen molar-refractivity contribution >= 4 is 22.6 Å². The molecule has 0 bridgehead atoms. The zero-order chi connectivity index (χ0) is 15.2. The lowest BCUT2D eigenvalue weighted by atomic mass is 10.3. The molecule has 4 nitrogen and oxygen atoms in total. The molecule has 6 heteroatoms. The summed E-state index contributed by atoms with van der Waals surface area (Å²) in [6.45, 7) is 3.17. The number of likely N-dealkylation sites (N-methyl/N-ethyl adjacent to an activating group) is 1. The van der Waals surface area contributed by atoms with E-state index in [2.05, 4.69) is 14.5 Å². The summed E-state index contributed by atoms with van der Waals surface area (Å²) in [5.74, 6) is 1.17. The summed E-state index contributed by atoms with van der Waals surface area (Å²) in [7, 11) is 3.73. The Bertz CT molecular complexity index is 588. The molecule has 0 N–H and O–H groups in total. The first-order chi connectivity index (χ1) is 10.2. The lowest BCUT2D eigenvalue weighted by molar-refractivity contribution is 0.159. The Kier molecular flexibility index (Phi) is 5.96. The summed E-state index contributed by atoms with van der Waals surface area (Å²) in [5.41, 5.74) is 1.64. The number of hydrogen-bond acceptors (Lipinski definition) is 3. The molecule has 2 rings (SSSR count). The quantitative estimate of drug-likeness (QED) is 0.702. The number of hydrogen-bond donors (Lipinski definition) is 0. The summed E-state index contributed by atoms with van der Waals surface area (Å²) in [4.78, 5) is 6.73. The number of halogens is 2. The van der Waals surface area contributed by atoms with Gasteiger partial charge in [-0.1, -0.05) is 0 Å². The minimum Gasteiger partial charge on any atom is -0.383 e. The largest absolute Gasteiger partial charge is 0.383 e. The minimum atomic E-state index is -0.242. The Morgan fingerprint density at radius 3 is 2.90 bits per heavy atom. The Balaban J connectivity index is 2.19. The van der Waals surface area contributed by atoms with Crippen molar-refractivity contribution in [1.82, 2.24) is 14.5 Å². The van der Waals surface area contributed by atoms with Crippen LogP contribution in [0.3, 0.4) is 0 Å². The van der Waals surface area contributed by atoms with Crippen molar-refractivity contribution in [3.63, 3.8) is 0 Å². The predicted octanol–water partition coefficient (Wildman–Crippen LogP) is 2.53. The fourth-order valence-corrected chi connectivity index (χ4v) is 2.47. The summed E-state index contributed by atoms with van der Waals surface area (Å²) in [6.07, 6.45) is 0.680. The number of aryl methyl sites for hydroxylation is 1. The van der Waals surface area contributed by atoms with Crippen molar-refractivity contribution in [3.05, 3.63) is 29.8 Å². The van der Waals surface area contributed by atoms with E-state index in [1.165, 1.54) is 12.1 Å². The van der Waals surface area contributed by atoms with Gasteiger partial charge in [-0.15, -0.1) is 11.6 Å². The highest BCUT2D eigenvalue weighted by molar-refractivity contribution is 6.17. The SMILES string of the molecule is COCCN(C)CCn1c(CCCl)nc2ccc(F)cc21. The molecule has 0 saturated carbocycles. The average molecular weight is 314 g/mol. The molecule has 0 unspecified atom stereocenters. The molecule has 116 valence electrons. The van der Waals surface area contributed by atoms with E-state index >= 15 is 0 Å². The van der Waals surface area contributed by atoms with Crippen molar-refractivity contribution in [2.75, 3.05) is 39.7 Å². The molecular weight excluding hydrogens is 293 g/mol. The van der Waals surface area contributed by atoms with Crippen molar-refractivity contribution in [1.29, 1.82) is 0 Å².